The Kier molecular flexibility index (Phi) is 5.43. The molecule has 3 rings (SSSR count). The van der Waals surface area contributed by atoms with Crippen LogP contribution in [0.3, 0.4) is 0 Å². The lowest BCUT2D eigenvalue weighted by Crippen LogP contribution is -2.28. The molecule has 5 nitrogen and oxygen atoms in total. The smallest absolute Gasteiger partial charge is 0.257 e. The van der Waals surface area contributed by atoms with Gasteiger partial charge < -0.3 is 15.4 Å². The summed E-state index contributed by atoms with van der Waals surface area (Å²) in [6, 6.07) is 8.80. The maximum absolute atomic E-state index is 12.7. The number of nitrogens with one attached hydrogen (secondary N) is 2. The molecule has 1 atom stereocenters. The van der Waals surface area contributed by atoms with E-state index in [2.05, 4.69) is 22.1 Å². The standard InChI is InChI=1S/C19H15ClN2O3S/c1-26-14(3-2-8-23)9-15-17(24)16(11-22-19(15)26)18(25)21-10-12-4-6-13(20)7-5-12/h4-7,9,11,23H,8,10H2,1H3,(H-,21,22,24,25)/p+1. The summed E-state index contributed by atoms with van der Waals surface area (Å²) in [5, 5.41) is 12.7. The van der Waals surface area contributed by atoms with Gasteiger partial charge >= 0.3 is 0 Å². The number of aromatic amines is 1. The van der Waals surface area contributed by atoms with Crippen molar-refractivity contribution in [3.8, 4) is 11.8 Å². The summed E-state index contributed by atoms with van der Waals surface area (Å²) in [5.74, 6) is 5.01. The number of carbonyl (C=O) groups excluding carboxylic acids is 1. The summed E-state index contributed by atoms with van der Waals surface area (Å²) in [6.07, 6.45) is 3.39. The van der Waals surface area contributed by atoms with Gasteiger partial charge in [-0.3, -0.25) is 9.59 Å². The number of thiophene rings is 1. The van der Waals surface area contributed by atoms with Crippen LogP contribution in [-0.2, 0) is 12.8 Å². The number of fused-ring (bicyclic) bond motifs is 1. The van der Waals surface area contributed by atoms with Gasteiger partial charge in [-0.15, -0.1) is 0 Å². The highest BCUT2D eigenvalue weighted by atomic mass is 35.5. The quantitative estimate of drug-likeness (QED) is 0.477. The molecule has 0 saturated carbocycles. The topological polar surface area (TPSA) is 82.2 Å². The van der Waals surface area contributed by atoms with E-state index in [0.29, 0.717) is 17.0 Å². The van der Waals surface area contributed by atoms with E-state index in [9.17, 15) is 9.59 Å². The van der Waals surface area contributed by atoms with E-state index in [1.807, 2.05) is 18.4 Å². The second-order valence-electron chi connectivity index (χ2n) is 5.56. The molecule has 3 aromatic rings. The normalized spacial score (nSPS) is 11.1. The van der Waals surface area contributed by atoms with Crippen LogP contribution < -0.4 is 10.7 Å². The van der Waals surface area contributed by atoms with Gasteiger partial charge in [-0.2, -0.15) is 0 Å². The van der Waals surface area contributed by atoms with Gasteiger partial charge in [-0.05, 0) is 23.6 Å². The van der Waals surface area contributed by atoms with Crippen molar-refractivity contribution in [2.45, 2.75) is 6.54 Å². The molecule has 2 aromatic heterocycles. The van der Waals surface area contributed by atoms with Gasteiger partial charge in [0.25, 0.3) is 10.7 Å². The van der Waals surface area contributed by atoms with E-state index < -0.39 is 5.91 Å². The Balaban J connectivity index is 1.87. The van der Waals surface area contributed by atoms with Gasteiger partial charge in [0.05, 0.1) is 0 Å². The third-order valence-electron chi connectivity index (χ3n) is 3.89. The van der Waals surface area contributed by atoms with E-state index >= 15 is 0 Å². The molecule has 0 radical (unpaired) electrons. The highest BCUT2D eigenvalue weighted by Gasteiger charge is 2.22. The number of halogens is 1. The van der Waals surface area contributed by atoms with Crippen LogP contribution in [0.5, 0.6) is 0 Å². The lowest BCUT2D eigenvalue weighted by molar-refractivity contribution is 0.0949. The van der Waals surface area contributed by atoms with Crippen LogP contribution in [0.15, 0.2) is 41.3 Å². The zero-order chi connectivity index (χ0) is 18.7. The molecule has 26 heavy (non-hydrogen) atoms. The van der Waals surface area contributed by atoms with Crippen molar-refractivity contribution in [3.05, 3.63) is 67.8 Å². The monoisotopic (exact) mass is 387 g/mol. The molecule has 2 heterocycles. The molecule has 0 spiro atoms. The Labute approximate surface area is 157 Å². The molecule has 1 amide bonds. The number of carbonyl (C=O) groups is 1. The summed E-state index contributed by atoms with van der Waals surface area (Å²) < 4.78 is 0. The number of benzene rings is 1. The minimum Gasteiger partial charge on any atom is -0.384 e. The van der Waals surface area contributed by atoms with Gasteiger partial charge in [0, 0.05) is 34.3 Å². The summed E-state index contributed by atoms with van der Waals surface area (Å²) >= 11 is 5.84. The van der Waals surface area contributed by atoms with E-state index in [1.54, 1.807) is 18.2 Å². The summed E-state index contributed by atoms with van der Waals surface area (Å²) in [4.78, 5) is 29.7. The largest absolute Gasteiger partial charge is 0.384 e. The van der Waals surface area contributed by atoms with Gasteiger partial charge in [0.2, 0.25) is 10.3 Å². The van der Waals surface area contributed by atoms with E-state index in [1.165, 1.54) is 6.20 Å². The summed E-state index contributed by atoms with van der Waals surface area (Å²) in [5.41, 5.74) is 0.617. The number of pyridine rings is 1. The van der Waals surface area contributed by atoms with Crippen LogP contribution in [0.1, 0.15) is 20.8 Å². The van der Waals surface area contributed by atoms with Gasteiger partial charge in [-0.25, -0.2) is 0 Å². The maximum atomic E-state index is 12.7. The molecule has 0 fully saturated rings. The molecule has 0 aliphatic heterocycles. The zero-order valence-electron chi connectivity index (χ0n) is 13.9. The number of amides is 1. The van der Waals surface area contributed by atoms with Crippen LogP contribution in [0.2, 0.25) is 5.02 Å². The number of H-pyrrole nitrogens is 1. The molecule has 0 bridgehead atoms. The fourth-order valence-electron chi connectivity index (χ4n) is 2.53. The minimum atomic E-state index is -0.441. The van der Waals surface area contributed by atoms with Crippen molar-refractivity contribution in [2.24, 2.45) is 6.26 Å². The predicted octanol–water partition coefficient (Wildman–Crippen LogP) is 2.74. The molecule has 7 heteroatoms. The summed E-state index contributed by atoms with van der Waals surface area (Å²) in [7, 11) is -0.378. The lowest BCUT2D eigenvalue weighted by Gasteiger charge is -2.05. The Bertz CT molecular complexity index is 1090. The van der Waals surface area contributed by atoms with E-state index in [0.717, 1.165) is 15.3 Å². The molecule has 1 aromatic carbocycles. The van der Waals surface area contributed by atoms with Crippen molar-refractivity contribution in [1.29, 1.82) is 0 Å². The first kappa shape index (κ1) is 18.2. The number of aryl methyl sites for hydroxylation is 1. The molecule has 1 unspecified atom stereocenters. The molecule has 132 valence electrons. The first-order valence-electron chi connectivity index (χ1n) is 7.77. The Hall–Kier alpha value is -2.59. The zero-order valence-corrected chi connectivity index (χ0v) is 15.5. The Morgan fingerprint density at radius 1 is 1.35 bits per heavy atom. The lowest BCUT2D eigenvalue weighted by atomic mass is 10.2. The van der Waals surface area contributed by atoms with Crippen LogP contribution in [0.25, 0.3) is 10.2 Å². The van der Waals surface area contributed by atoms with Gasteiger partial charge in [0.1, 0.15) is 23.8 Å². The molecular weight excluding hydrogens is 372 g/mol. The molecule has 0 aliphatic carbocycles. The number of hydrogen-bond acceptors (Lipinski definition) is 3. The minimum absolute atomic E-state index is 0.0577. The highest BCUT2D eigenvalue weighted by molar-refractivity contribution is 7.35. The average Bonchev–Trinajstić information content (AvgIpc) is 2.96. The number of aliphatic hydroxyl groups is 1. The van der Waals surface area contributed by atoms with Crippen LogP contribution >= 0.6 is 22.1 Å². The van der Waals surface area contributed by atoms with Crippen molar-refractivity contribution in [1.82, 2.24) is 10.3 Å². The maximum Gasteiger partial charge on any atom is 0.257 e. The Morgan fingerprint density at radius 3 is 2.77 bits per heavy atom. The van der Waals surface area contributed by atoms with Crippen LogP contribution in [-0.4, -0.2) is 22.6 Å². The van der Waals surface area contributed by atoms with Crippen LogP contribution in [0.4, 0.5) is 0 Å². The third kappa shape index (κ3) is 3.65. The van der Waals surface area contributed by atoms with Crippen molar-refractivity contribution >= 4 is 38.2 Å². The SMILES string of the molecule is C[s+]1c(C#CCO)cc2c(=O)c(C(=O)NCc3ccc(Cl)cc3)c[nH]c21. The Morgan fingerprint density at radius 2 is 2.08 bits per heavy atom. The fourth-order valence-corrected chi connectivity index (χ4v) is 4.11. The van der Waals surface area contributed by atoms with Crippen LogP contribution in [0, 0.1) is 11.8 Å². The van der Waals surface area contributed by atoms with Gasteiger partial charge in [0.15, 0.2) is 0 Å². The number of rotatable bonds is 3. The molecule has 0 saturated heterocycles. The molecule has 0 aliphatic rings. The summed E-state index contributed by atoms with van der Waals surface area (Å²) in [6.45, 7) is 0.0604. The van der Waals surface area contributed by atoms with Crippen molar-refractivity contribution in [3.63, 3.8) is 0 Å². The first-order chi connectivity index (χ1) is 12.5. The number of hydrogen-bond donors (Lipinski definition) is 3. The number of aliphatic hydroxyl groups excluding tert-OH is 1. The first-order valence-corrected chi connectivity index (χ1v) is 9.78. The second-order valence-corrected chi connectivity index (χ2v) is 7.87. The van der Waals surface area contributed by atoms with E-state index in [4.69, 9.17) is 16.7 Å². The molecule has 3 N–H and O–H groups in total. The number of aromatic nitrogens is 1. The molecular formula is C19H16ClN2O3S+. The second kappa shape index (κ2) is 7.75. The van der Waals surface area contributed by atoms with Crippen molar-refractivity contribution in [2.75, 3.05) is 6.61 Å². The van der Waals surface area contributed by atoms with Gasteiger partial charge in [-0.1, -0.05) is 29.7 Å². The fraction of sp³-hybridized carbons (Fsp3) is 0.158. The highest BCUT2D eigenvalue weighted by Crippen LogP contribution is 2.30. The third-order valence-corrected chi connectivity index (χ3v) is 5.98. The predicted molar refractivity (Wildman–Crippen MR) is 105 cm³/mol. The van der Waals surface area contributed by atoms with E-state index in [-0.39, 0.29) is 28.1 Å². The van der Waals surface area contributed by atoms with Crippen molar-refractivity contribution < 1.29 is 9.90 Å². The average molecular weight is 388 g/mol.